The molecule has 0 saturated heterocycles. The lowest BCUT2D eigenvalue weighted by molar-refractivity contribution is -0.0126. The van der Waals surface area contributed by atoms with Crippen LogP contribution in [0, 0.1) is 0 Å². The number of amides is 1. The lowest BCUT2D eigenvalue weighted by atomic mass is 9.93. The highest BCUT2D eigenvalue weighted by Gasteiger charge is 2.42. The molecule has 1 fully saturated rings. The lowest BCUT2D eigenvalue weighted by Crippen LogP contribution is -2.33. The van der Waals surface area contributed by atoms with Gasteiger partial charge in [-0.15, -0.1) is 0 Å². The van der Waals surface area contributed by atoms with Crippen molar-refractivity contribution >= 4 is 11.8 Å². The van der Waals surface area contributed by atoms with Crippen LogP contribution in [0.5, 0.6) is 11.5 Å². The third kappa shape index (κ3) is 5.78. The first-order chi connectivity index (χ1) is 13.8. The molecule has 1 spiro atoms. The van der Waals surface area contributed by atoms with Crippen LogP contribution in [0.4, 0.5) is 4.79 Å². The van der Waals surface area contributed by atoms with E-state index in [0.717, 1.165) is 30.5 Å². The van der Waals surface area contributed by atoms with Gasteiger partial charge in [-0.1, -0.05) is 5.16 Å². The molecule has 3 rings (SSSR count). The number of hydrogen-bond acceptors (Lipinski definition) is 6. The maximum Gasteiger partial charge on any atom is 0.407 e. The van der Waals surface area contributed by atoms with E-state index in [4.69, 9.17) is 19.0 Å². The minimum atomic E-state index is -0.502. The van der Waals surface area contributed by atoms with Crippen LogP contribution in [0.15, 0.2) is 23.4 Å². The van der Waals surface area contributed by atoms with Crippen molar-refractivity contribution in [1.82, 2.24) is 5.32 Å². The van der Waals surface area contributed by atoms with Crippen molar-refractivity contribution in [3.05, 3.63) is 23.8 Å². The summed E-state index contributed by atoms with van der Waals surface area (Å²) < 4.78 is 16.6. The Hall–Kier alpha value is -2.44. The second-order valence-electron chi connectivity index (χ2n) is 8.69. The van der Waals surface area contributed by atoms with Gasteiger partial charge in [0, 0.05) is 18.5 Å². The first kappa shape index (κ1) is 21.3. The molecule has 0 bridgehead atoms. The minimum absolute atomic E-state index is 0.0936. The SMILES string of the molecule is COc1ccc(C2=NOC3(CCCC3)C2)cc1OCCCNC(=O)OC(C)(C)C. The van der Waals surface area contributed by atoms with Gasteiger partial charge < -0.3 is 24.4 Å². The summed E-state index contributed by atoms with van der Waals surface area (Å²) in [6, 6.07) is 5.84. The number of methoxy groups -OCH3 is 1. The highest BCUT2D eigenvalue weighted by Crippen LogP contribution is 2.41. The molecule has 0 unspecified atom stereocenters. The van der Waals surface area contributed by atoms with Crippen LogP contribution < -0.4 is 14.8 Å². The normalized spacial score (nSPS) is 17.6. The molecule has 0 radical (unpaired) electrons. The van der Waals surface area contributed by atoms with E-state index in [1.54, 1.807) is 7.11 Å². The molecular formula is C22H32N2O5. The zero-order valence-corrected chi connectivity index (χ0v) is 17.9. The molecule has 7 heteroatoms. The van der Waals surface area contributed by atoms with Crippen LogP contribution >= 0.6 is 0 Å². The summed E-state index contributed by atoms with van der Waals surface area (Å²) in [5.74, 6) is 1.33. The smallest absolute Gasteiger partial charge is 0.407 e. The Kier molecular flexibility index (Phi) is 6.55. The molecule has 1 saturated carbocycles. The Morgan fingerprint density at radius 1 is 1.24 bits per heavy atom. The van der Waals surface area contributed by atoms with Crippen molar-refractivity contribution in [2.24, 2.45) is 5.16 Å². The quantitative estimate of drug-likeness (QED) is 0.681. The molecule has 1 aliphatic carbocycles. The van der Waals surface area contributed by atoms with Gasteiger partial charge in [0.05, 0.1) is 19.4 Å². The van der Waals surface area contributed by atoms with E-state index >= 15 is 0 Å². The summed E-state index contributed by atoms with van der Waals surface area (Å²) in [6.07, 6.45) is 5.64. The Bertz CT molecular complexity index is 748. The van der Waals surface area contributed by atoms with E-state index in [1.165, 1.54) is 12.8 Å². The summed E-state index contributed by atoms with van der Waals surface area (Å²) >= 11 is 0. The number of carbonyl (C=O) groups excluding carboxylic acids is 1. The highest BCUT2D eigenvalue weighted by atomic mass is 16.7. The van der Waals surface area contributed by atoms with Crippen LogP contribution in [-0.4, -0.2) is 43.3 Å². The number of ether oxygens (including phenoxy) is 3. The largest absolute Gasteiger partial charge is 0.493 e. The number of oxime groups is 1. The average molecular weight is 405 g/mol. The van der Waals surface area contributed by atoms with Crippen LogP contribution in [0.2, 0.25) is 0 Å². The molecule has 1 aromatic rings. The first-order valence-electron chi connectivity index (χ1n) is 10.3. The van der Waals surface area contributed by atoms with Gasteiger partial charge >= 0.3 is 6.09 Å². The van der Waals surface area contributed by atoms with Crippen molar-refractivity contribution in [3.63, 3.8) is 0 Å². The Morgan fingerprint density at radius 2 is 2.00 bits per heavy atom. The van der Waals surface area contributed by atoms with E-state index in [-0.39, 0.29) is 5.60 Å². The third-order valence-electron chi connectivity index (χ3n) is 5.10. The summed E-state index contributed by atoms with van der Waals surface area (Å²) in [6.45, 7) is 6.43. The lowest BCUT2D eigenvalue weighted by Gasteiger charge is -2.19. The molecular weight excluding hydrogens is 372 g/mol. The molecule has 160 valence electrons. The molecule has 0 atom stereocenters. The fourth-order valence-electron chi connectivity index (χ4n) is 3.69. The number of nitrogens with one attached hydrogen (secondary N) is 1. The standard InChI is InChI=1S/C22H32N2O5/c1-21(2,3)28-20(25)23-12-7-13-27-19-14-16(8-9-18(19)26-4)17-15-22(29-24-17)10-5-6-11-22/h8-9,14H,5-7,10-13,15H2,1-4H3,(H,23,25). The summed E-state index contributed by atoms with van der Waals surface area (Å²) in [5.41, 5.74) is 1.37. The third-order valence-corrected chi connectivity index (χ3v) is 5.10. The monoisotopic (exact) mass is 404 g/mol. The molecule has 1 aromatic carbocycles. The molecule has 1 heterocycles. The molecule has 7 nitrogen and oxygen atoms in total. The van der Waals surface area contributed by atoms with Gasteiger partial charge in [0.2, 0.25) is 0 Å². The number of rotatable bonds is 7. The number of nitrogens with zero attached hydrogens (tertiary/aromatic N) is 1. The number of benzene rings is 1. The number of hydrogen-bond donors (Lipinski definition) is 1. The topological polar surface area (TPSA) is 78.4 Å². The minimum Gasteiger partial charge on any atom is -0.493 e. The summed E-state index contributed by atoms with van der Waals surface area (Å²) in [5, 5.41) is 7.08. The van der Waals surface area contributed by atoms with Gasteiger partial charge in [0.1, 0.15) is 11.2 Å². The van der Waals surface area contributed by atoms with Crippen molar-refractivity contribution in [2.75, 3.05) is 20.3 Å². The van der Waals surface area contributed by atoms with Crippen molar-refractivity contribution in [3.8, 4) is 11.5 Å². The van der Waals surface area contributed by atoms with E-state index < -0.39 is 11.7 Å². The molecule has 1 amide bonds. The van der Waals surface area contributed by atoms with Crippen molar-refractivity contribution < 1.29 is 23.8 Å². The molecule has 29 heavy (non-hydrogen) atoms. The van der Waals surface area contributed by atoms with E-state index in [9.17, 15) is 4.79 Å². The van der Waals surface area contributed by atoms with Gasteiger partial charge in [0.25, 0.3) is 0 Å². The maximum atomic E-state index is 11.7. The van der Waals surface area contributed by atoms with Gasteiger partial charge in [-0.3, -0.25) is 0 Å². The molecule has 1 aliphatic heterocycles. The molecule has 1 N–H and O–H groups in total. The van der Waals surface area contributed by atoms with Crippen LogP contribution in [0.1, 0.15) is 64.9 Å². The Labute approximate surface area is 172 Å². The number of alkyl carbamates (subject to hydrolysis) is 1. The van der Waals surface area contributed by atoms with Gasteiger partial charge in [-0.05, 0) is 71.1 Å². The van der Waals surface area contributed by atoms with Crippen LogP contribution in [-0.2, 0) is 9.57 Å². The summed E-state index contributed by atoms with van der Waals surface area (Å²) in [4.78, 5) is 17.5. The fourth-order valence-corrected chi connectivity index (χ4v) is 3.69. The predicted molar refractivity (Wildman–Crippen MR) is 111 cm³/mol. The maximum absolute atomic E-state index is 11.7. The zero-order chi connectivity index (χ0) is 20.9. The van der Waals surface area contributed by atoms with Crippen LogP contribution in [0.25, 0.3) is 0 Å². The predicted octanol–water partition coefficient (Wildman–Crippen LogP) is 4.43. The Morgan fingerprint density at radius 3 is 2.69 bits per heavy atom. The summed E-state index contributed by atoms with van der Waals surface area (Å²) in [7, 11) is 1.62. The number of carbonyl (C=O) groups is 1. The first-order valence-corrected chi connectivity index (χ1v) is 10.3. The van der Waals surface area contributed by atoms with Gasteiger partial charge in [0.15, 0.2) is 11.5 Å². The highest BCUT2D eigenvalue weighted by molar-refractivity contribution is 6.02. The molecule has 0 aromatic heterocycles. The van der Waals surface area contributed by atoms with Crippen molar-refractivity contribution in [1.29, 1.82) is 0 Å². The zero-order valence-electron chi connectivity index (χ0n) is 17.9. The van der Waals surface area contributed by atoms with E-state index in [2.05, 4.69) is 10.5 Å². The van der Waals surface area contributed by atoms with Crippen molar-refractivity contribution in [2.45, 2.75) is 70.5 Å². The average Bonchev–Trinajstić information content (AvgIpc) is 3.30. The van der Waals surface area contributed by atoms with Crippen LogP contribution in [0.3, 0.4) is 0 Å². The van der Waals surface area contributed by atoms with Gasteiger partial charge in [-0.25, -0.2) is 4.79 Å². The second kappa shape index (κ2) is 8.93. The van der Waals surface area contributed by atoms with E-state index in [1.807, 2.05) is 39.0 Å². The Balaban J connectivity index is 1.51. The fraction of sp³-hybridized carbons (Fsp3) is 0.636. The van der Waals surface area contributed by atoms with Gasteiger partial charge in [-0.2, -0.15) is 0 Å². The molecule has 2 aliphatic rings. The van der Waals surface area contributed by atoms with E-state index in [0.29, 0.717) is 31.1 Å². The second-order valence-corrected chi connectivity index (χ2v) is 8.69.